The molecule has 4 heteroatoms. The van der Waals surface area contributed by atoms with Crippen molar-refractivity contribution in [1.82, 2.24) is 4.90 Å². The standard InChI is InChI=1S/C15H20N2OS/c1-17(11-14-4-3-9-19-14)15(10-16)12-5-7-13(18-2)8-6-12/h3-9,15H,10-11,16H2,1-2H3. The van der Waals surface area contributed by atoms with E-state index in [0.29, 0.717) is 6.54 Å². The normalized spacial score (nSPS) is 12.6. The highest BCUT2D eigenvalue weighted by Gasteiger charge is 2.16. The van der Waals surface area contributed by atoms with Crippen LogP contribution in [0.25, 0.3) is 0 Å². The van der Waals surface area contributed by atoms with E-state index >= 15 is 0 Å². The minimum absolute atomic E-state index is 0.230. The third-order valence-electron chi connectivity index (χ3n) is 3.24. The third kappa shape index (κ3) is 3.56. The first kappa shape index (κ1) is 14.1. The van der Waals surface area contributed by atoms with E-state index in [9.17, 15) is 0 Å². The van der Waals surface area contributed by atoms with E-state index in [1.54, 1.807) is 18.4 Å². The highest BCUT2D eigenvalue weighted by atomic mass is 32.1. The summed E-state index contributed by atoms with van der Waals surface area (Å²) in [4.78, 5) is 3.64. The zero-order chi connectivity index (χ0) is 13.7. The second-order valence-corrected chi connectivity index (χ2v) is 5.55. The fourth-order valence-electron chi connectivity index (χ4n) is 2.16. The monoisotopic (exact) mass is 276 g/mol. The molecule has 1 atom stereocenters. The van der Waals surface area contributed by atoms with E-state index in [1.165, 1.54) is 10.4 Å². The largest absolute Gasteiger partial charge is 0.497 e. The van der Waals surface area contributed by atoms with Crippen LogP contribution in [0.15, 0.2) is 41.8 Å². The van der Waals surface area contributed by atoms with E-state index in [0.717, 1.165) is 12.3 Å². The Hall–Kier alpha value is -1.36. The summed E-state index contributed by atoms with van der Waals surface area (Å²) < 4.78 is 5.19. The van der Waals surface area contributed by atoms with Crippen LogP contribution in [0.2, 0.25) is 0 Å². The molecule has 0 saturated carbocycles. The molecular formula is C15H20N2OS. The molecule has 19 heavy (non-hydrogen) atoms. The highest BCUT2D eigenvalue weighted by molar-refractivity contribution is 7.09. The molecule has 2 rings (SSSR count). The minimum atomic E-state index is 0.230. The van der Waals surface area contributed by atoms with Crippen LogP contribution >= 0.6 is 11.3 Å². The molecule has 0 aliphatic heterocycles. The van der Waals surface area contributed by atoms with Crippen LogP contribution in [0.3, 0.4) is 0 Å². The smallest absolute Gasteiger partial charge is 0.118 e. The number of likely N-dealkylation sites (N-methyl/N-ethyl adjacent to an activating group) is 1. The second kappa shape index (κ2) is 6.70. The van der Waals surface area contributed by atoms with Gasteiger partial charge in [0.1, 0.15) is 5.75 Å². The molecule has 1 heterocycles. The van der Waals surface area contributed by atoms with Gasteiger partial charge in [-0.3, -0.25) is 4.90 Å². The number of rotatable bonds is 6. The number of nitrogens with two attached hydrogens (primary N) is 1. The van der Waals surface area contributed by atoms with Crippen LogP contribution in [0.1, 0.15) is 16.5 Å². The van der Waals surface area contributed by atoms with Gasteiger partial charge in [0.25, 0.3) is 0 Å². The van der Waals surface area contributed by atoms with Crippen LogP contribution in [0.4, 0.5) is 0 Å². The number of hydrogen-bond donors (Lipinski definition) is 1. The zero-order valence-electron chi connectivity index (χ0n) is 11.4. The average molecular weight is 276 g/mol. The lowest BCUT2D eigenvalue weighted by Crippen LogP contribution is -2.29. The van der Waals surface area contributed by atoms with Crippen molar-refractivity contribution in [1.29, 1.82) is 0 Å². The number of nitrogens with zero attached hydrogens (tertiary/aromatic N) is 1. The molecule has 1 aromatic carbocycles. The molecular weight excluding hydrogens is 256 g/mol. The maximum absolute atomic E-state index is 5.94. The Bertz CT molecular complexity index is 481. The average Bonchev–Trinajstić information content (AvgIpc) is 2.93. The van der Waals surface area contributed by atoms with Gasteiger partial charge in [-0.25, -0.2) is 0 Å². The Labute approximate surface area is 118 Å². The van der Waals surface area contributed by atoms with E-state index in [2.05, 4.69) is 41.6 Å². The molecule has 2 aromatic rings. The maximum Gasteiger partial charge on any atom is 0.118 e. The SMILES string of the molecule is COc1ccc(C(CN)N(C)Cc2cccs2)cc1. The summed E-state index contributed by atoms with van der Waals surface area (Å²) in [5, 5.41) is 2.11. The molecule has 102 valence electrons. The quantitative estimate of drug-likeness (QED) is 0.881. The summed E-state index contributed by atoms with van der Waals surface area (Å²) in [6, 6.07) is 12.6. The Morgan fingerprint density at radius 2 is 2.00 bits per heavy atom. The van der Waals surface area contributed by atoms with Crippen molar-refractivity contribution in [2.75, 3.05) is 20.7 Å². The molecule has 0 aliphatic carbocycles. The van der Waals surface area contributed by atoms with Gasteiger partial charge in [0, 0.05) is 24.0 Å². The minimum Gasteiger partial charge on any atom is -0.497 e. The Morgan fingerprint density at radius 3 is 2.53 bits per heavy atom. The third-order valence-corrected chi connectivity index (χ3v) is 4.10. The van der Waals surface area contributed by atoms with Crippen molar-refractivity contribution in [2.45, 2.75) is 12.6 Å². The first-order valence-corrected chi connectivity index (χ1v) is 7.19. The Kier molecular flexibility index (Phi) is 4.96. The molecule has 0 aliphatic rings. The fourth-order valence-corrected chi connectivity index (χ4v) is 2.92. The summed E-state index contributed by atoms with van der Waals surface area (Å²) in [5.41, 5.74) is 7.16. The van der Waals surface area contributed by atoms with E-state index < -0.39 is 0 Å². The summed E-state index contributed by atoms with van der Waals surface area (Å²) in [6.07, 6.45) is 0. The molecule has 0 fully saturated rings. The lowest BCUT2D eigenvalue weighted by Gasteiger charge is -2.27. The molecule has 0 saturated heterocycles. The molecule has 0 radical (unpaired) electrons. The van der Waals surface area contributed by atoms with Gasteiger partial charge in [-0.15, -0.1) is 11.3 Å². The van der Waals surface area contributed by atoms with Crippen LogP contribution in [0, 0.1) is 0 Å². The Balaban J connectivity index is 2.09. The predicted molar refractivity (Wildman–Crippen MR) is 80.6 cm³/mol. The second-order valence-electron chi connectivity index (χ2n) is 4.52. The van der Waals surface area contributed by atoms with Gasteiger partial charge in [0.15, 0.2) is 0 Å². The zero-order valence-corrected chi connectivity index (χ0v) is 12.2. The van der Waals surface area contributed by atoms with Crippen molar-refractivity contribution in [3.63, 3.8) is 0 Å². The van der Waals surface area contributed by atoms with Crippen LogP contribution in [-0.2, 0) is 6.54 Å². The summed E-state index contributed by atoms with van der Waals surface area (Å²) in [6.45, 7) is 1.53. The number of hydrogen-bond acceptors (Lipinski definition) is 4. The topological polar surface area (TPSA) is 38.5 Å². The van der Waals surface area contributed by atoms with Crippen molar-refractivity contribution in [3.8, 4) is 5.75 Å². The van der Waals surface area contributed by atoms with Gasteiger partial charge < -0.3 is 10.5 Å². The first-order chi connectivity index (χ1) is 9.24. The summed E-state index contributed by atoms with van der Waals surface area (Å²) >= 11 is 1.78. The Morgan fingerprint density at radius 1 is 1.26 bits per heavy atom. The number of methoxy groups -OCH3 is 1. The first-order valence-electron chi connectivity index (χ1n) is 6.31. The summed E-state index contributed by atoms with van der Waals surface area (Å²) in [7, 11) is 3.79. The molecule has 0 bridgehead atoms. The molecule has 0 amide bonds. The maximum atomic E-state index is 5.94. The van der Waals surface area contributed by atoms with Gasteiger partial charge in [0.2, 0.25) is 0 Å². The van der Waals surface area contributed by atoms with E-state index in [4.69, 9.17) is 10.5 Å². The highest BCUT2D eigenvalue weighted by Crippen LogP contribution is 2.23. The predicted octanol–water partition coefficient (Wildman–Crippen LogP) is 2.89. The van der Waals surface area contributed by atoms with Gasteiger partial charge >= 0.3 is 0 Å². The lowest BCUT2D eigenvalue weighted by molar-refractivity contribution is 0.244. The van der Waals surface area contributed by atoms with Crippen LogP contribution in [-0.4, -0.2) is 25.6 Å². The molecule has 0 spiro atoms. The van der Waals surface area contributed by atoms with Gasteiger partial charge in [-0.2, -0.15) is 0 Å². The van der Waals surface area contributed by atoms with Gasteiger partial charge in [-0.1, -0.05) is 18.2 Å². The van der Waals surface area contributed by atoms with Crippen molar-refractivity contribution < 1.29 is 4.74 Å². The molecule has 3 nitrogen and oxygen atoms in total. The number of thiophene rings is 1. The van der Waals surface area contributed by atoms with Crippen molar-refractivity contribution >= 4 is 11.3 Å². The van der Waals surface area contributed by atoms with E-state index in [1.807, 2.05) is 12.1 Å². The van der Waals surface area contributed by atoms with Crippen LogP contribution in [0.5, 0.6) is 5.75 Å². The number of benzene rings is 1. The fraction of sp³-hybridized carbons (Fsp3) is 0.333. The molecule has 2 N–H and O–H groups in total. The van der Waals surface area contributed by atoms with Crippen molar-refractivity contribution in [3.05, 3.63) is 52.2 Å². The molecule has 1 aromatic heterocycles. The lowest BCUT2D eigenvalue weighted by atomic mass is 10.1. The van der Waals surface area contributed by atoms with E-state index in [-0.39, 0.29) is 6.04 Å². The van der Waals surface area contributed by atoms with Gasteiger partial charge in [0.05, 0.1) is 7.11 Å². The summed E-state index contributed by atoms with van der Waals surface area (Å²) in [5.74, 6) is 0.875. The van der Waals surface area contributed by atoms with Gasteiger partial charge in [-0.05, 0) is 36.2 Å². The van der Waals surface area contributed by atoms with Crippen LogP contribution < -0.4 is 10.5 Å². The number of ether oxygens (including phenoxy) is 1. The van der Waals surface area contributed by atoms with Crippen molar-refractivity contribution in [2.24, 2.45) is 5.73 Å². The molecule has 1 unspecified atom stereocenters.